The van der Waals surface area contributed by atoms with Gasteiger partial charge in [0.1, 0.15) is 0 Å². The molecule has 0 aliphatic rings. The van der Waals surface area contributed by atoms with Crippen LogP contribution in [0.2, 0.25) is 0 Å². The third-order valence-electron chi connectivity index (χ3n) is 2.61. The van der Waals surface area contributed by atoms with Crippen molar-refractivity contribution >= 4 is 5.91 Å². The Morgan fingerprint density at radius 2 is 2.30 bits per heavy atom. The topological polar surface area (TPSA) is 73.6 Å². The summed E-state index contributed by atoms with van der Waals surface area (Å²) in [6, 6.07) is 5.59. The van der Waals surface area contributed by atoms with Crippen molar-refractivity contribution in [2.24, 2.45) is 5.73 Å². The second kappa shape index (κ2) is 8.22. The molecule has 110 valence electrons. The molecule has 0 bridgehead atoms. The molecular formula is C15H22N2O3. The van der Waals surface area contributed by atoms with Crippen molar-refractivity contribution < 1.29 is 14.3 Å². The van der Waals surface area contributed by atoms with Crippen LogP contribution < -0.4 is 20.5 Å². The summed E-state index contributed by atoms with van der Waals surface area (Å²) in [4.78, 5) is 11.6. The second-order valence-electron chi connectivity index (χ2n) is 4.51. The number of nitrogens with one attached hydrogen (secondary N) is 1. The standard InChI is InChI=1S/C15H22N2O3/c1-4-8-17-14(18)10-20-15-12(9-11(2)16)6-5-7-13(15)19-3/h4-7,11H,1,8-10,16H2,2-3H3,(H,17,18). The molecule has 1 atom stereocenters. The van der Waals surface area contributed by atoms with Gasteiger partial charge >= 0.3 is 0 Å². The number of carbonyl (C=O) groups excluding carboxylic acids is 1. The van der Waals surface area contributed by atoms with Gasteiger partial charge in [-0.1, -0.05) is 18.2 Å². The molecule has 0 spiro atoms. The van der Waals surface area contributed by atoms with Gasteiger partial charge in [0.05, 0.1) is 7.11 Å². The Hall–Kier alpha value is -2.01. The van der Waals surface area contributed by atoms with Crippen molar-refractivity contribution in [2.45, 2.75) is 19.4 Å². The molecule has 1 unspecified atom stereocenters. The maximum atomic E-state index is 11.6. The quantitative estimate of drug-likeness (QED) is 0.702. The van der Waals surface area contributed by atoms with Crippen LogP contribution in [-0.2, 0) is 11.2 Å². The lowest BCUT2D eigenvalue weighted by Crippen LogP contribution is -2.29. The molecule has 1 aromatic rings. The first-order chi connectivity index (χ1) is 9.58. The van der Waals surface area contributed by atoms with Crippen LogP contribution in [0.25, 0.3) is 0 Å². The van der Waals surface area contributed by atoms with Gasteiger partial charge < -0.3 is 20.5 Å². The van der Waals surface area contributed by atoms with E-state index in [2.05, 4.69) is 11.9 Å². The van der Waals surface area contributed by atoms with Crippen LogP contribution in [0, 0.1) is 0 Å². The molecular weight excluding hydrogens is 256 g/mol. The molecule has 1 aromatic carbocycles. The number of hydrogen-bond donors (Lipinski definition) is 2. The molecule has 1 rings (SSSR count). The molecule has 0 aromatic heterocycles. The maximum absolute atomic E-state index is 11.6. The summed E-state index contributed by atoms with van der Waals surface area (Å²) in [6.45, 7) is 5.80. The van der Waals surface area contributed by atoms with Crippen molar-refractivity contribution in [2.75, 3.05) is 20.3 Å². The van der Waals surface area contributed by atoms with Crippen molar-refractivity contribution in [1.29, 1.82) is 0 Å². The fraction of sp³-hybridized carbons (Fsp3) is 0.400. The van der Waals surface area contributed by atoms with Crippen LogP contribution in [0.5, 0.6) is 11.5 Å². The summed E-state index contributed by atoms with van der Waals surface area (Å²) < 4.78 is 10.9. The third-order valence-corrected chi connectivity index (χ3v) is 2.61. The summed E-state index contributed by atoms with van der Waals surface area (Å²) in [6.07, 6.45) is 2.27. The van der Waals surface area contributed by atoms with Crippen molar-refractivity contribution in [1.82, 2.24) is 5.32 Å². The monoisotopic (exact) mass is 278 g/mol. The first-order valence-electron chi connectivity index (χ1n) is 6.50. The first kappa shape index (κ1) is 16.0. The summed E-state index contributed by atoms with van der Waals surface area (Å²) in [5.74, 6) is 0.961. The average Bonchev–Trinajstić information content (AvgIpc) is 2.42. The molecule has 0 saturated heterocycles. The Morgan fingerprint density at radius 1 is 1.55 bits per heavy atom. The number of ether oxygens (including phenoxy) is 2. The number of rotatable bonds is 8. The number of methoxy groups -OCH3 is 1. The highest BCUT2D eigenvalue weighted by Crippen LogP contribution is 2.31. The molecule has 5 heteroatoms. The van der Waals surface area contributed by atoms with Crippen LogP contribution in [0.4, 0.5) is 0 Å². The Balaban J connectivity index is 2.79. The lowest BCUT2D eigenvalue weighted by Gasteiger charge is -2.16. The van der Waals surface area contributed by atoms with Crippen LogP contribution in [0.3, 0.4) is 0 Å². The summed E-state index contributed by atoms with van der Waals surface area (Å²) in [5.41, 5.74) is 6.75. The number of carbonyl (C=O) groups is 1. The number of para-hydroxylation sites is 1. The van der Waals surface area contributed by atoms with E-state index >= 15 is 0 Å². The summed E-state index contributed by atoms with van der Waals surface area (Å²) >= 11 is 0. The van der Waals surface area contributed by atoms with E-state index in [9.17, 15) is 4.79 Å². The molecule has 0 fully saturated rings. The average molecular weight is 278 g/mol. The van der Waals surface area contributed by atoms with E-state index in [1.54, 1.807) is 19.3 Å². The zero-order valence-electron chi connectivity index (χ0n) is 12.0. The predicted octanol–water partition coefficient (Wildman–Crippen LogP) is 1.27. The smallest absolute Gasteiger partial charge is 0.258 e. The van der Waals surface area contributed by atoms with Gasteiger partial charge in [0, 0.05) is 12.6 Å². The normalized spacial score (nSPS) is 11.6. The number of amides is 1. The Morgan fingerprint density at radius 3 is 2.90 bits per heavy atom. The van der Waals surface area contributed by atoms with Gasteiger partial charge in [-0.3, -0.25) is 4.79 Å². The molecule has 0 aliphatic heterocycles. The fourth-order valence-corrected chi connectivity index (χ4v) is 1.77. The Kier molecular flexibility index (Phi) is 6.59. The lowest BCUT2D eigenvalue weighted by molar-refractivity contribution is -0.122. The minimum Gasteiger partial charge on any atom is -0.493 e. The maximum Gasteiger partial charge on any atom is 0.258 e. The highest BCUT2D eigenvalue weighted by molar-refractivity contribution is 5.77. The highest BCUT2D eigenvalue weighted by atomic mass is 16.5. The van der Waals surface area contributed by atoms with Gasteiger partial charge in [-0.2, -0.15) is 0 Å². The van der Waals surface area contributed by atoms with Crippen LogP contribution >= 0.6 is 0 Å². The zero-order chi connectivity index (χ0) is 15.0. The van der Waals surface area contributed by atoms with Gasteiger partial charge in [-0.15, -0.1) is 6.58 Å². The minimum atomic E-state index is -0.206. The summed E-state index contributed by atoms with van der Waals surface area (Å²) in [5, 5.41) is 2.65. The molecule has 0 heterocycles. The van der Waals surface area contributed by atoms with Gasteiger partial charge in [-0.05, 0) is 25.0 Å². The van der Waals surface area contributed by atoms with E-state index in [-0.39, 0.29) is 18.6 Å². The number of benzene rings is 1. The Labute approximate surface area is 119 Å². The summed E-state index contributed by atoms with van der Waals surface area (Å²) in [7, 11) is 1.57. The Bertz CT molecular complexity index is 458. The van der Waals surface area contributed by atoms with E-state index in [0.29, 0.717) is 24.5 Å². The molecule has 3 N–H and O–H groups in total. The van der Waals surface area contributed by atoms with E-state index in [1.807, 2.05) is 19.1 Å². The van der Waals surface area contributed by atoms with Crippen molar-refractivity contribution in [3.05, 3.63) is 36.4 Å². The van der Waals surface area contributed by atoms with Crippen molar-refractivity contribution in [3.8, 4) is 11.5 Å². The van der Waals surface area contributed by atoms with Gasteiger partial charge in [0.25, 0.3) is 5.91 Å². The minimum absolute atomic E-state index is 0.000881. The largest absolute Gasteiger partial charge is 0.493 e. The molecule has 20 heavy (non-hydrogen) atoms. The molecule has 0 aliphatic carbocycles. The first-order valence-corrected chi connectivity index (χ1v) is 6.50. The fourth-order valence-electron chi connectivity index (χ4n) is 1.77. The van der Waals surface area contributed by atoms with Crippen LogP contribution in [0.15, 0.2) is 30.9 Å². The van der Waals surface area contributed by atoms with Crippen LogP contribution in [-0.4, -0.2) is 32.2 Å². The second-order valence-corrected chi connectivity index (χ2v) is 4.51. The van der Waals surface area contributed by atoms with Gasteiger partial charge in [-0.25, -0.2) is 0 Å². The van der Waals surface area contributed by atoms with E-state index in [1.165, 1.54) is 0 Å². The van der Waals surface area contributed by atoms with Gasteiger partial charge in [0.15, 0.2) is 18.1 Å². The third kappa shape index (κ3) is 4.93. The van der Waals surface area contributed by atoms with Crippen LogP contribution in [0.1, 0.15) is 12.5 Å². The highest BCUT2D eigenvalue weighted by Gasteiger charge is 2.13. The van der Waals surface area contributed by atoms with E-state index in [4.69, 9.17) is 15.2 Å². The molecule has 0 saturated carbocycles. The number of hydrogen-bond acceptors (Lipinski definition) is 4. The van der Waals surface area contributed by atoms with E-state index < -0.39 is 0 Å². The number of nitrogens with two attached hydrogens (primary N) is 1. The lowest BCUT2D eigenvalue weighted by atomic mass is 10.1. The zero-order valence-corrected chi connectivity index (χ0v) is 12.0. The van der Waals surface area contributed by atoms with Gasteiger partial charge in [0.2, 0.25) is 0 Å². The van der Waals surface area contributed by atoms with E-state index in [0.717, 1.165) is 5.56 Å². The molecule has 1 amide bonds. The predicted molar refractivity (Wildman–Crippen MR) is 79.0 cm³/mol. The molecule has 5 nitrogen and oxygen atoms in total. The van der Waals surface area contributed by atoms with Crippen molar-refractivity contribution in [3.63, 3.8) is 0 Å². The SMILES string of the molecule is C=CCNC(=O)COc1c(CC(C)N)cccc1OC. The molecule has 0 radical (unpaired) electrons.